The molecule has 7 nitrogen and oxygen atoms in total. The molecular formula is C28H40N4O3. The molecule has 0 aliphatic heterocycles. The molecule has 1 aromatic heterocycles. The average molecular weight is 481 g/mol. The van der Waals surface area contributed by atoms with Crippen molar-refractivity contribution in [3.8, 4) is 0 Å². The van der Waals surface area contributed by atoms with Crippen LogP contribution in [-0.2, 0) is 0 Å². The Morgan fingerprint density at radius 3 is 2.77 bits per heavy atom. The minimum Gasteiger partial charge on any atom is -0.393 e. The van der Waals surface area contributed by atoms with Crippen LogP contribution in [0, 0.1) is 34.5 Å². The van der Waals surface area contributed by atoms with E-state index in [1.165, 1.54) is 12.6 Å². The van der Waals surface area contributed by atoms with Gasteiger partial charge in [0.1, 0.15) is 0 Å². The van der Waals surface area contributed by atoms with Crippen molar-refractivity contribution in [1.82, 2.24) is 15.4 Å². The maximum absolute atomic E-state index is 12.2. The molecule has 190 valence electrons. The quantitative estimate of drug-likeness (QED) is 0.285. The van der Waals surface area contributed by atoms with Crippen LogP contribution < -0.4 is 5.43 Å². The van der Waals surface area contributed by atoms with Crippen molar-refractivity contribution >= 4 is 12.1 Å². The number of nitrogens with one attached hydrogen (secondary N) is 2. The van der Waals surface area contributed by atoms with E-state index < -0.39 is 5.60 Å². The standard InChI is InChI=1S/C28H40N4O3/c1-26-12-10-21(33)18-20(26)7-8-23-22(26)11-13-27(2)19(9-14-28(23,27)35)6-4-3-5-15-31-32-25(34)24-29-16-17-30-24/h3-6,15-17,19-23,33,35H,7-14,18H2,1-2H3,(H,29,30)(H,32,34)/b5-3+,6-4+,31-15+/t19-,20+,21-,22-,23+,26-,27+,28-/m0/s1. The molecule has 1 heterocycles. The molecule has 0 radical (unpaired) electrons. The van der Waals surface area contributed by atoms with Crippen LogP contribution in [0.3, 0.4) is 0 Å². The lowest BCUT2D eigenvalue weighted by Crippen LogP contribution is -2.62. The van der Waals surface area contributed by atoms with Crippen molar-refractivity contribution < 1.29 is 15.0 Å². The van der Waals surface area contributed by atoms with Crippen molar-refractivity contribution in [3.05, 3.63) is 42.5 Å². The molecule has 35 heavy (non-hydrogen) atoms. The minimum absolute atomic E-state index is 0.0962. The third-order valence-electron chi connectivity index (χ3n) is 10.5. The molecule has 0 spiro atoms. The summed E-state index contributed by atoms with van der Waals surface area (Å²) in [6.45, 7) is 4.78. The SMILES string of the molecule is C[C@]12CC[C@H](O)C[C@H]1CC[C@@H]1[C@@H]2CC[C@]2(C)[C@@H](/C=C/C=C/C=N/NC(=O)c3ncc[nH]3)CC[C@]12O. The van der Waals surface area contributed by atoms with Gasteiger partial charge in [-0.05, 0) is 93.0 Å². The number of hydrogen-bond donors (Lipinski definition) is 4. The molecule has 4 N–H and O–H groups in total. The van der Waals surface area contributed by atoms with Gasteiger partial charge in [0, 0.05) is 24.0 Å². The number of allylic oxidation sites excluding steroid dienone is 4. The molecule has 5 rings (SSSR count). The van der Waals surface area contributed by atoms with Gasteiger partial charge in [0.15, 0.2) is 5.82 Å². The van der Waals surface area contributed by atoms with E-state index in [4.69, 9.17) is 0 Å². The summed E-state index contributed by atoms with van der Waals surface area (Å²) in [5, 5.41) is 26.4. The smallest absolute Gasteiger partial charge is 0.307 e. The highest BCUT2D eigenvalue weighted by atomic mass is 16.3. The van der Waals surface area contributed by atoms with Crippen LogP contribution in [0.5, 0.6) is 0 Å². The normalized spacial score (nSPS) is 43.4. The van der Waals surface area contributed by atoms with E-state index in [1.807, 2.05) is 6.08 Å². The summed E-state index contributed by atoms with van der Waals surface area (Å²) in [6.07, 6.45) is 21.9. The van der Waals surface area contributed by atoms with Crippen LogP contribution in [0.4, 0.5) is 0 Å². The van der Waals surface area contributed by atoms with Gasteiger partial charge in [-0.2, -0.15) is 5.10 Å². The average Bonchev–Trinajstić information content (AvgIpc) is 3.46. The third kappa shape index (κ3) is 4.10. The summed E-state index contributed by atoms with van der Waals surface area (Å²) >= 11 is 0. The lowest BCUT2D eigenvalue weighted by atomic mass is 9.43. The molecule has 4 aliphatic rings. The summed E-state index contributed by atoms with van der Waals surface area (Å²) in [5.41, 5.74) is 2.00. The van der Waals surface area contributed by atoms with Crippen molar-refractivity contribution in [1.29, 1.82) is 0 Å². The van der Waals surface area contributed by atoms with Gasteiger partial charge in [-0.25, -0.2) is 10.4 Å². The molecule has 7 heteroatoms. The number of aliphatic hydroxyl groups is 2. The lowest BCUT2D eigenvalue weighted by molar-refractivity contribution is -0.207. The highest BCUT2D eigenvalue weighted by Crippen LogP contribution is 2.69. The first kappa shape index (κ1) is 24.4. The molecule has 0 aromatic carbocycles. The van der Waals surface area contributed by atoms with Gasteiger partial charge in [-0.3, -0.25) is 4.79 Å². The fraction of sp³-hybridized carbons (Fsp3) is 0.679. The summed E-state index contributed by atoms with van der Waals surface area (Å²) in [6, 6.07) is 0. The first-order valence-corrected chi connectivity index (χ1v) is 13.3. The maximum Gasteiger partial charge on any atom is 0.307 e. The zero-order valence-corrected chi connectivity index (χ0v) is 21.0. The molecular weight excluding hydrogens is 440 g/mol. The predicted octanol–water partition coefficient (Wildman–Crippen LogP) is 4.37. The van der Waals surface area contributed by atoms with Gasteiger partial charge in [0.25, 0.3) is 0 Å². The number of rotatable bonds is 5. The summed E-state index contributed by atoms with van der Waals surface area (Å²) in [4.78, 5) is 18.4. The Balaban J connectivity index is 1.21. The number of aliphatic hydroxyl groups excluding tert-OH is 1. The van der Waals surface area contributed by atoms with E-state index >= 15 is 0 Å². The van der Waals surface area contributed by atoms with E-state index in [0.29, 0.717) is 23.7 Å². The van der Waals surface area contributed by atoms with E-state index in [2.05, 4.69) is 46.5 Å². The van der Waals surface area contributed by atoms with Gasteiger partial charge < -0.3 is 15.2 Å². The Bertz CT molecular complexity index is 1000. The van der Waals surface area contributed by atoms with Gasteiger partial charge in [0.05, 0.1) is 11.7 Å². The predicted molar refractivity (Wildman–Crippen MR) is 136 cm³/mol. The second-order valence-corrected chi connectivity index (χ2v) is 11.9. The molecule has 4 aliphatic carbocycles. The number of aromatic amines is 1. The van der Waals surface area contributed by atoms with E-state index in [9.17, 15) is 15.0 Å². The largest absolute Gasteiger partial charge is 0.393 e. The van der Waals surface area contributed by atoms with Crippen LogP contribution in [0.2, 0.25) is 0 Å². The summed E-state index contributed by atoms with van der Waals surface area (Å²) in [5.74, 6) is 1.75. The Hall–Kier alpha value is -2.25. The number of H-pyrrole nitrogens is 1. The summed E-state index contributed by atoms with van der Waals surface area (Å²) in [7, 11) is 0. The van der Waals surface area contributed by atoms with E-state index in [1.54, 1.807) is 18.5 Å². The molecule has 1 amide bonds. The second-order valence-electron chi connectivity index (χ2n) is 11.9. The van der Waals surface area contributed by atoms with Crippen LogP contribution >= 0.6 is 0 Å². The van der Waals surface area contributed by atoms with Crippen molar-refractivity contribution in [2.24, 2.45) is 39.6 Å². The first-order chi connectivity index (χ1) is 16.8. The first-order valence-electron chi connectivity index (χ1n) is 13.3. The number of hydrazone groups is 1. The van der Waals surface area contributed by atoms with E-state index in [0.717, 1.165) is 51.4 Å². The van der Waals surface area contributed by atoms with Crippen molar-refractivity contribution in [2.75, 3.05) is 0 Å². The van der Waals surface area contributed by atoms with Crippen LogP contribution in [0.1, 0.15) is 82.3 Å². The van der Waals surface area contributed by atoms with Gasteiger partial charge >= 0.3 is 5.91 Å². The van der Waals surface area contributed by atoms with Crippen LogP contribution in [0.25, 0.3) is 0 Å². The monoisotopic (exact) mass is 480 g/mol. The van der Waals surface area contributed by atoms with Crippen molar-refractivity contribution in [3.63, 3.8) is 0 Å². The molecule has 0 bridgehead atoms. The van der Waals surface area contributed by atoms with Gasteiger partial charge in [-0.15, -0.1) is 0 Å². The number of amides is 1. The molecule has 0 saturated heterocycles. The van der Waals surface area contributed by atoms with Crippen molar-refractivity contribution in [2.45, 2.75) is 83.3 Å². The van der Waals surface area contributed by atoms with Crippen LogP contribution in [0.15, 0.2) is 41.8 Å². The molecule has 1 aromatic rings. The highest BCUT2D eigenvalue weighted by molar-refractivity contribution is 5.90. The number of fused-ring (bicyclic) bond motifs is 5. The number of carbonyl (C=O) groups excluding carboxylic acids is 1. The number of imidazole rings is 1. The Labute approximate surface area is 208 Å². The van der Waals surface area contributed by atoms with Crippen LogP contribution in [-0.4, -0.2) is 44.0 Å². The van der Waals surface area contributed by atoms with Gasteiger partial charge in [0.2, 0.25) is 0 Å². The lowest BCUT2D eigenvalue weighted by Gasteiger charge is -2.63. The topological polar surface area (TPSA) is 111 Å². The third-order valence-corrected chi connectivity index (χ3v) is 10.5. The fourth-order valence-corrected chi connectivity index (χ4v) is 8.45. The Morgan fingerprint density at radius 1 is 1.11 bits per heavy atom. The zero-order chi connectivity index (χ0) is 24.7. The number of nitrogens with zero attached hydrogens (tertiary/aromatic N) is 2. The second kappa shape index (κ2) is 9.32. The Kier molecular flexibility index (Phi) is 6.51. The number of hydrogen-bond acceptors (Lipinski definition) is 5. The molecule has 4 saturated carbocycles. The molecule has 4 fully saturated rings. The number of aromatic nitrogens is 2. The van der Waals surface area contributed by atoms with E-state index in [-0.39, 0.29) is 28.7 Å². The van der Waals surface area contributed by atoms with Gasteiger partial charge in [-0.1, -0.05) is 32.1 Å². The molecule has 0 unspecified atom stereocenters. The zero-order valence-electron chi connectivity index (χ0n) is 21.0. The minimum atomic E-state index is -0.601. The highest BCUT2D eigenvalue weighted by Gasteiger charge is 2.66. The molecule has 8 atom stereocenters. The Morgan fingerprint density at radius 2 is 1.97 bits per heavy atom. The summed E-state index contributed by atoms with van der Waals surface area (Å²) < 4.78 is 0. The maximum atomic E-state index is 12.2. The fourth-order valence-electron chi connectivity index (χ4n) is 8.45. The number of carbonyl (C=O) groups is 1.